The predicted octanol–water partition coefficient (Wildman–Crippen LogP) is 4.10. The van der Waals surface area contributed by atoms with E-state index >= 15 is 0 Å². The fourth-order valence-electron chi connectivity index (χ4n) is 3.63. The van der Waals surface area contributed by atoms with E-state index in [1.54, 1.807) is 31.2 Å². The Bertz CT molecular complexity index is 892. The molecular formula is C24H25NO4. The summed E-state index contributed by atoms with van der Waals surface area (Å²) in [7, 11) is 0. The molecule has 0 bridgehead atoms. The second-order valence-corrected chi connectivity index (χ2v) is 7.05. The van der Waals surface area contributed by atoms with Gasteiger partial charge in [0.1, 0.15) is 0 Å². The van der Waals surface area contributed by atoms with Gasteiger partial charge >= 0.3 is 5.97 Å². The highest BCUT2D eigenvalue weighted by molar-refractivity contribution is 6.13. The van der Waals surface area contributed by atoms with Crippen molar-refractivity contribution in [1.29, 1.82) is 0 Å². The molecule has 0 N–H and O–H groups in total. The Hall–Kier alpha value is -3.21. The number of amides is 2. The first-order valence-electron chi connectivity index (χ1n) is 9.88. The first-order chi connectivity index (χ1) is 14.1. The Balaban J connectivity index is 1.88. The summed E-state index contributed by atoms with van der Waals surface area (Å²) < 4.78 is 5.26. The van der Waals surface area contributed by atoms with Gasteiger partial charge in [0.05, 0.1) is 6.61 Å². The molecule has 5 heteroatoms. The van der Waals surface area contributed by atoms with Crippen molar-refractivity contribution in [2.24, 2.45) is 5.41 Å². The Kier molecular flexibility index (Phi) is 6.60. The Morgan fingerprint density at radius 1 is 1.07 bits per heavy atom. The minimum atomic E-state index is -1.37. The van der Waals surface area contributed by atoms with Gasteiger partial charge in [0, 0.05) is 12.1 Å². The fraction of sp³-hybridized carbons (Fsp3) is 0.292. The lowest BCUT2D eigenvalue weighted by Gasteiger charge is -2.38. The Morgan fingerprint density at radius 2 is 1.72 bits per heavy atom. The minimum Gasteiger partial charge on any atom is -0.465 e. The highest BCUT2D eigenvalue weighted by Gasteiger charge is 2.52. The van der Waals surface area contributed by atoms with Gasteiger partial charge < -0.3 is 4.74 Å². The van der Waals surface area contributed by atoms with Gasteiger partial charge in [-0.3, -0.25) is 19.3 Å². The molecule has 0 spiro atoms. The van der Waals surface area contributed by atoms with Crippen molar-refractivity contribution in [2.45, 2.75) is 26.2 Å². The number of hydrogen-bond donors (Lipinski definition) is 0. The molecule has 150 valence electrons. The number of allylic oxidation sites excluding steroid dienone is 1. The second kappa shape index (κ2) is 9.32. The molecule has 1 heterocycles. The number of carbonyl (C=O) groups is 3. The molecule has 0 saturated carbocycles. The van der Waals surface area contributed by atoms with Crippen molar-refractivity contribution >= 4 is 23.9 Å². The molecule has 0 aliphatic carbocycles. The van der Waals surface area contributed by atoms with Crippen LogP contribution < -0.4 is 0 Å². The van der Waals surface area contributed by atoms with Crippen LogP contribution >= 0.6 is 0 Å². The SMILES string of the molecule is CCOC(=O)[C@]1(CC=Cc2ccccc2)CCCN(C(=O)c2ccccc2)C1=O. The number of nitrogens with zero attached hydrogens (tertiary/aromatic N) is 1. The van der Waals surface area contributed by atoms with Crippen LogP contribution in [0.5, 0.6) is 0 Å². The van der Waals surface area contributed by atoms with E-state index in [2.05, 4.69) is 0 Å². The lowest BCUT2D eigenvalue weighted by Crippen LogP contribution is -2.55. The van der Waals surface area contributed by atoms with Crippen LogP contribution in [-0.2, 0) is 14.3 Å². The number of ether oxygens (including phenoxy) is 1. The summed E-state index contributed by atoms with van der Waals surface area (Å²) in [5, 5.41) is 0. The standard InChI is InChI=1S/C24H25NO4/c1-2-29-23(28)24(16-9-13-19-11-5-3-6-12-19)17-10-18-25(22(24)27)21(26)20-14-7-4-8-15-20/h3-9,11-15H,2,10,16-18H2,1H3/t24-/m1/s1. The normalized spacial score (nSPS) is 19.3. The van der Waals surface area contributed by atoms with Gasteiger partial charge in [-0.25, -0.2) is 0 Å². The maximum atomic E-state index is 13.4. The van der Waals surface area contributed by atoms with Crippen LogP contribution in [-0.4, -0.2) is 35.8 Å². The van der Waals surface area contributed by atoms with E-state index in [4.69, 9.17) is 4.74 Å². The van der Waals surface area contributed by atoms with Crippen molar-refractivity contribution in [2.75, 3.05) is 13.2 Å². The fourth-order valence-corrected chi connectivity index (χ4v) is 3.63. The lowest BCUT2D eigenvalue weighted by molar-refractivity contribution is -0.166. The van der Waals surface area contributed by atoms with Crippen molar-refractivity contribution in [3.05, 3.63) is 77.9 Å². The molecule has 1 atom stereocenters. The van der Waals surface area contributed by atoms with Crippen molar-refractivity contribution < 1.29 is 19.1 Å². The quantitative estimate of drug-likeness (QED) is 0.422. The van der Waals surface area contributed by atoms with E-state index in [0.717, 1.165) is 5.56 Å². The van der Waals surface area contributed by atoms with Gasteiger partial charge in [-0.1, -0.05) is 60.7 Å². The van der Waals surface area contributed by atoms with Crippen LogP contribution in [0.15, 0.2) is 66.7 Å². The monoisotopic (exact) mass is 391 g/mol. The third-order valence-corrected chi connectivity index (χ3v) is 5.15. The molecular weight excluding hydrogens is 366 g/mol. The number of hydrogen-bond acceptors (Lipinski definition) is 4. The third-order valence-electron chi connectivity index (χ3n) is 5.15. The summed E-state index contributed by atoms with van der Waals surface area (Å²) in [5.41, 5.74) is 0.0385. The zero-order valence-corrected chi connectivity index (χ0v) is 16.5. The van der Waals surface area contributed by atoms with Gasteiger partial charge in [0.25, 0.3) is 5.91 Å². The maximum Gasteiger partial charge on any atom is 0.321 e. The molecule has 1 aliphatic rings. The number of piperidine rings is 1. The molecule has 1 fully saturated rings. The van der Waals surface area contributed by atoms with Crippen LogP contribution in [0.3, 0.4) is 0 Å². The zero-order valence-electron chi connectivity index (χ0n) is 16.5. The molecule has 0 radical (unpaired) electrons. The molecule has 0 aromatic heterocycles. The molecule has 1 saturated heterocycles. The molecule has 3 rings (SSSR count). The highest BCUT2D eigenvalue weighted by Crippen LogP contribution is 2.37. The van der Waals surface area contributed by atoms with Gasteiger partial charge in [-0.15, -0.1) is 0 Å². The summed E-state index contributed by atoms with van der Waals surface area (Å²) in [5.74, 6) is -1.42. The van der Waals surface area contributed by atoms with Crippen LogP contribution in [0.4, 0.5) is 0 Å². The number of benzene rings is 2. The largest absolute Gasteiger partial charge is 0.465 e. The van der Waals surface area contributed by atoms with Crippen molar-refractivity contribution in [3.63, 3.8) is 0 Å². The number of likely N-dealkylation sites (tertiary alicyclic amines) is 1. The summed E-state index contributed by atoms with van der Waals surface area (Å²) in [4.78, 5) is 40.4. The molecule has 0 unspecified atom stereocenters. The number of esters is 1. The van der Waals surface area contributed by atoms with Crippen LogP contribution in [0.1, 0.15) is 42.1 Å². The average Bonchev–Trinajstić information content (AvgIpc) is 2.76. The van der Waals surface area contributed by atoms with Gasteiger partial charge in [-0.05, 0) is 43.9 Å². The summed E-state index contributed by atoms with van der Waals surface area (Å²) >= 11 is 0. The van der Waals surface area contributed by atoms with Gasteiger partial charge in [0.15, 0.2) is 5.41 Å². The Labute approximate surface area is 171 Å². The second-order valence-electron chi connectivity index (χ2n) is 7.05. The topological polar surface area (TPSA) is 63.7 Å². The van der Waals surface area contributed by atoms with Crippen molar-refractivity contribution in [3.8, 4) is 0 Å². The van der Waals surface area contributed by atoms with Crippen LogP contribution in [0.2, 0.25) is 0 Å². The van der Waals surface area contributed by atoms with E-state index in [1.165, 1.54) is 4.90 Å². The van der Waals surface area contributed by atoms with Gasteiger partial charge in [-0.2, -0.15) is 0 Å². The zero-order chi connectivity index (χ0) is 20.7. The van der Waals surface area contributed by atoms with E-state index < -0.39 is 17.3 Å². The first kappa shape index (κ1) is 20.5. The summed E-state index contributed by atoms with van der Waals surface area (Å²) in [6.45, 7) is 2.20. The maximum absolute atomic E-state index is 13.4. The van der Waals surface area contributed by atoms with E-state index in [-0.39, 0.29) is 18.9 Å². The van der Waals surface area contributed by atoms with Crippen LogP contribution in [0.25, 0.3) is 6.08 Å². The van der Waals surface area contributed by atoms with Crippen LogP contribution in [0, 0.1) is 5.41 Å². The lowest BCUT2D eigenvalue weighted by atomic mass is 9.75. The minimum absolute atomic E-state index is 0.183. The van der Waals surface area contributed by atoms with Crippen molar-refractivity contribution in [1.82, 2.24) is 4.90 Å². The molecule has 29 heavy (non-hydrogen) atoms. The third kappa shape index (κ3) is 4.45. The highest BCUT2D eigenvalue weighted by atomic mass is 16.5. The molecule has 5 nitrogen and oxygen atoms in total. The molecule has 2 aromatic rings. The smallest absolute Gasteiger partial charge is 0.321 e. The first-order valence-corrected chi connectivity index (χ1v) is 9.88. The number of carbonyl (C=O) groups excluding carboxylic acids is 3. The van der Waals surface area contributed by atoms with Gasteiger partial charge in [0.2, 0.25) is 5.91 Å². The van der Waals surface area contributed by atoms with E-state index in [0.29, 0.717) is 24.9 Å². The van der Waals surface area contributed by atoms with E-state index in [9.17, 15) is 14.4 Å². The number of rotatable bonds is 6. The molecule has 2 aromatic carbocycles. The number of imide groups is 1. The van der Waals surface area contributed by atoms with E-state index in [1.807, 2.05) is 48.6 Å². The summed E-state index contributed by atoms with van der Waals surface area (Å²) in [6, 6.07) is 18.3. The predicted molar refractivity (Wildman–Crippen MR) is 111 cm³/mol. The Morgan fingerprint density at radius 3 is 2.38 bits per heavy atom. The average molecular weight is 391 g/mol. The molecule has 1 aliphatic heterocycles. The molecule has 2 amide bonds. The summed E-state index contributed by atoms with van der Waals surface area (Å²) in [6.07, 6.45) is 4.82.